The van der Waals surface area contributed by atoms with Gasteiger partial charge < -0.3 is 14.4 Å². The second-order valence-corrected chi connectivity index (χ2v) is 8.35. The lowest BCUT2D eigenvalue weighted by Crippen LogP contribution is -2.33. The first kappa shape index (κ1) is 19.3. The molecule has 27 heavy (non-hydrogen) atoms. The van der Waals surface area contributed by atoms with E-state index in [2.05, 4.69) is 21.5 Å². The molecule has 0 unspecified atom stereocenters. The lowest BCUT2D eigenvalue weighted by Gasteiger charge is -2.31. The number of benzene rings is 1. The van der Waals surface area contributed by atoms with Gasteiger partial charge in [0.05, 0.1) is 26.1 Å². The molecule has 1 saturated heterocycles. The number of nitrogens with zero attached hydrogens (tertiary/aromatic N) is 2. The fourth-order valence-corrected chi connectivity index (χ4v) is 4.30. The zero-order chi connectivity index (χ0) is 19.4. The van der Waals surface area contributed by atoms with Crippen molar-refractivity contribution in [2.75, 3.05) is 36.9 Å². The minimum atomic E-state index is -3.84. The van der Waals surface area contributed by atoms with Gasteiger partial charge >= 0.3 is 0 Å². The first-order valence-corrected chi connectivity index (χ1v) is 10.4. The van der Waals surface area contributed by atoms with E-state index in [-0.39, 0.29) is 10.6 Å². The van der Waals surface area contributed by atoms with E-state index < -0.39 is 10.0 Å². The lowest BCUT2D eigenvalue weighted by molar-refractivity contribution is 0.392. The third-order valence-corrected chi connectivity index (χ3v) is 6.17. The predicted molar refractivity (Wildman–Crippen MR) is 105 cm³/mol. The van der Waals surface area contributed by atoms with Crippen LogP contribution in [0.2, 0.25) is 0 Å². The van der Waals surface area contributed by atoms with Crippen LogP contribution in [0.1, 0.15) is 19.8 Å². The summed E-state index contributed by atoms with van der Waals surface area (Å²) in [6.07, 6.45) is 3.83. The molecule has 1 N–H and O–H groups in total. The van der Waals surface area contributed by atoms with E-state index in [1.54, 1.807) is 18.2 Å². The number of anilines is 2. The number of rotatable bonds is 6. The number of piperidine rings is 1. The van der Waals surface area contributed by atoms with Gasteiger partial charge in [-0.05, 0) is 43.0 Å². The fourth-order valence-electron chi connectivity index (χ4n) is 3.08. The molecule has 1 fully saturated rings. The normalized spacial score (nSPS) is 15.4. The van der Waals surface area contributed by atoms with Crippen molar-refractivity contribution >= 4 is 21.5 Å². The Morgan fingerprint density at radius 2 is 1.85 bits per heavy atom. The van der Waals surface area contributed by atoms with Crippen LogP contribution in [0, 0.1) is 5.92 Å². The molecule has 8 heteroatoms. The summed E-state index contributed by atoms with van der Waals surface area (Å²) < 4.78 is 38.4. The molecular formula is C19H25N3O4S. The van der Waals surface area contributed by atoms with E-state index >= 15 is 0 Å². The molecule has 0 radical (unpaired) electrons. The van der Waals surface area contributed by atoms with Crippen molar-refractivity contribution < 1.29 is 17.9 Å². The standard InChI is InChI=1S/C19H25N3O4S/c1-14-8-10-22(11-9-14)19-7-4-15(13-20-19)21-27(23,24)18-12-16(25-2)5-6-17(18)26-3/h4-7,12-14,21H,8-11H2,1-3H3. The van der Waals surface area contributed by atoms with Crippen molar-refractivity contribution in [3.63, 3.8) is 0 Å². The van der Waals surface area contributed by atoms with Gasteiger partial charge in [0.25, 0.3) is 10.0 Å². The Morgan fingerprint density at radius 1 is 1.11 bits per heavy atom. The zero-order valence-corrected chi connectivity index (χ0v) is 16.6. The summed E-state index contributed by atoms with van der Waals surface area (Å²) in [5.41, 5.74) is 0.397. The molecule has 2 heterocycles. The third kappa shape index (κ3) is 4.44. The largest absolute Gasteiger partial charge is 0.497 e. The van der Waals surface area contributed by atoms with E-state index in [1.807, 2.05) is 6.07 Å². The van der Waals surface area contributed by atoms with Crippen molar-refractivity contribution in [1.29, 1.82) is 0 Å². The van der Waals surface area contributed by atoms with Crippen molar-refractivity contribution in [3.8, 4) is 11.5 Å². The number of ether oxygens (including phenoxy) is 2. The summed E-state index contributed by atoms with van der Waals surface area (Å²) in [4.78, 5) is 6.66. The van der Waals surface area contributed by atoms with Gasteiger partial charge in [0.2, 0.25) is 0 Å². The molecule has 1 aliphatic heterocycles. The van der Waals surface area contributed by atoms with Crippen LogP contribution in [-0.2, 0) is 10.0 Å². The average molecular weight is 391 g/mol. The summed E-state index contributed by atoms with van der Waals surface area (Å²) in [5.74, 6) is 2.29. The number of methoxy groups -OCH3 is 2. The molecular weight excluding hydrogens is 366 g/mol. The first-order valence-electron chi connectivity index (χ1n) is 8.89. The van der Waals surface area contributed by atoms with Crippen LogP contribution in [0.3, 0.4) is 0 Å². The van der Waals surface area contributed by atoms with Gasteiger partial charge in [-0.3, -0.25) is 4.72 Å². The summed E-state index contributed by atoms with van der Waals surface area (Å²) in [6.45, 7) is 4.20. The molecule has 1 aromatic heterocycles. The maximum absolute atomic E-state index is 12.8. The highest BCUT2D eigenvalue weighted by Crippen LogP contribution is 2.30. The Balaban J connectivity index is 1.78. The van der Waals surface area contributed by atoms with Crippen LogP contribution in [0.4, 0.5) is 11.5 Å². The maximum atomic E-state index is 12.8. The molecule has 2 aromatic rings. The van der Waals surface area contributed by atoms with Crippen LogP contribution in [0.15, 0.2) is 41.4 Å². The van der Waals surface area contributed by atoms with E-state index in [0.717, 1.165) is 37.7 Å². The van der Waals surface area contributed by atoms with E-state index in [4.69, 9.17) is 9.47 Å². The monoisotopic (exact) mass is 391 g/mol. The molecule has 0 aliphatic carbocycles. The Kier molecular flexibility index (Phi) is 5.74. The molecule has 0 amide bonds. The first-order chi connectivity index (χ1) is 12.9. The van der Waals surface area contributed by atoms with E-state index in [9.17, 15) is 8.42 Å². The SMILES string of the molecule is COc1ccc(OC)c(S(=O)(=O)Nc2ccc(N3CCC(C)CC3)nc2)c1. The Hall–Kier alpha value is -2.48. The van der Waals surface area contributed by atoms with Crippen molar-refractivity contribution in [2.24, 2.45) is 5.92 Å². The number of hydrogen-bond donors (Lipinski definition) is 1. The maximum Gasteiger partial charge on any atom is 0.265 e. The van der Waals surface area contributed by atoms with Gasteiger partial charge in [-0.15, -0.1) is 0 Å². The van der Waals surface area contributed by atoms with Gasteiger partial charge in [0.15, 0.2) is 0 Å². The number of hydrogen-bond acceptors (Lipinski definition) is 6. The Labute approximate surface area is 160 Å². The van der Waals surface area contributed by atoms with Gasteiger partial charge in [-0.2, -0.15) is 0 Å². The topological polar surface area (TPSA) is 80.8 Å². The smallest absolute Gasteiger partial charge is 0.265 e. The number of sulfonamides is 1. The Morgan fingerprint density at radius 3 is 2.44 bits per heavy atom. The number of pyridine rings is 1. The van der Waals surface area contributed by atoms with Gasteiger partial charge in [0, 0.05) is 19.2 Å². The third-order valence-electron chi connectivity index (χ3n) is 4.77. The van der Waals surface area contributed by atoms with Crippen LogP contribution in [0.25, 0.3) is 0 Å². The molecule has 0 saturated carbocycles. The highest BCUT2D eigenvalue weighted by molar-refractivity contribution is 7.92. The summed E-state index contributed by atoms with van der Waals surface area (Å²) >= 11 is 0. The highest BCUT2D eigenvalue weighted by Gasteiger charge is 2.21. The van der Waals surface area contributed by atoms with Crippen LogP contribution in [0.5, 0.6) is 11.5 Å². The number of nitrogens with one attached hydrogen (secondary N) is 1. The zero-order valence-electron chi connectivity index (χ0n) is 15.8. The molecule has 0 spiro atoms. The summed E-state index contributed by atoms with van der Waals surface area (Å²) in [7, 11) is -0.933. The second-order valence-electron chi connectivity index (χ2n) is 6.70. The number of aromatic nitrogens is 1. The molecule has 7 nitrogen and oxygen atoms in total. The molecule has 0 atom stereocenters. The van der Waals surface area contributed by atoms with Gasteiger partial charge in [-0.1, -0.05) is 6.92 Å². The van der Waals surface area contributed by atoms with Crippen LogP contribution < -0.4 is 19.1 Å². The molecule has 3 rings (SSSR count). The highest BCUT2D eigenvalue weighted by atomic mass is 32.2. The molecule has 0 bridgehead atoms. The van der Waals surface area contributed by atoms with Gasteiger partial charge in [-0.25, -0.2) is 13.4 Å². The molecule has 146 valence electrons. The Bertz CT molecular complexity index is 876. The van der Waals surface area contributed by atoms with E-state index in [1.165, 1.54) is 26.5 Å². The quantitative estimate of drug-likeness (QED) is 0.815. The summed E-state index contributed by atoms with van der Waals surface area (Å²) in [6, 6.07) is 8.21. The van der Waals surface area contributed by atoms with Crippen molar-refractivity contribution in [2.45, 2.75) is 24.7 Å². The predicted octanol–water partition coefficient (Wildman–Crippen LogP) is 3.14. The lowest BCUT2D eigenvalue weighted by atomic mass is 9.99. The minimum Gasteiger partial charge on any atom is -0.497 e. The van der Waals surface area contributed by atoms with Crippen molar-refractivity contribution in [3.05, 3.63) is 36.5 Å². The molecule has 1 aliphatic rings. The summed E-state index contributed by atoms with van der Waals surface area (Å²) in [5, 5.41) is 0. The average Bonchev–Trinajstić information content (AvgIpc) is 2.68. The van der Waals surface area contributed by atoms with Gasteiger partial charge in [0.1, 0.15) is 22.2 Å². The minimum absolute atomic E-state index is 0.0124. The van der Waals surface area contributed by atoms with Crippen LogP contribution >= 0.6 is 0 Å². The molecule has 1 aromatic carbocycles. The van der Waals surface area contributed by atoms with Crippen molar-refractivity contribution in [1.82, 2.24) is 4.98 Å². The fraction of sp³-hybridized carbons (Fsp3) is 0.421. The second kappa shape index (κ2) is 8.04. The van der Waals surface area contributed by atoms with E-state index in [0.29, 0.717) is 11.4 Å². The van der Waals surface area contributed by atoms with Crippen LogP contribution in [-0.4, -0.2) is 40.7 Å².